The summed E-state index contributed by atoms with van der Waals surface area (Å²) in [5.74, 6) is 0.954. The van der Waals surface area contributed by atoms with Crippen molar-refractivity contribution >= 4 is 5.97 Å². The topological polar surface area (TPSA) is 61.5 Å². The van der Waals surface area contributed by atoms with Crippen molar-refractivity contribution in [3.8, 4) is 5.75 Å². The van der Waals surface area contributed by atoms with Crippen LogP contribution in [-0.4, -0.2) is 26.2 Å². The first-order valence-electron chi connectivity index (χ1n) is 6.70. The normalized spacial score (nSPS) is 11.9. The Hall–Kier alpha value is -1.55. The lowest BCUT2D eigenvalue weighted by Gasteiger charge is -2.15. The number of rotatable bonds is 8. The van der Waals surface area contributed by atoms with Gasteiger partial charge in [-0.15, -0.1) is 0 Å². The third kappa shape index (κ3) is 5.30. The van der Waals surface area contributed by atoms with Crippen LogP contribution < -0.4 is 10.5 Å². The molecule has 1 rings (SSSR count). The molecule has 0 amide bonds. The van der Waals surface area contributed by atoms with Crippen LogP contribution in [0.2, 0.25) is 0 Å². The van der Waals surface area contributed by atoms with Crippen LogP contribution in [0, 0.1) is 0 Å². The zero-order chi connectivity index (χ0) is 14.1. The summed E-state index contributed by atoms with van der Waals surface area (Å²) in [6.45, 7) is 2.82. The summed E-state index contributed by atoms with van der Waals surface area (Å²) in [6, 6.07) is 7.92. The summed E-state index contributed by atoms with van der Waals surface area (Å²) in [6.07, 6.45) is 2.12. The number of nitrogens with two attached hydrogens (primary N) is 1. The predicted octanol–water partition coefficient (Wildman–Crippen LogP) is 2.47. The number of ether oxygens (including phenoxy) is 2. The zero-order valence-electron chi connectivity index (χ0n) is 11.7. The van der Waals surface area contributed by atoms with E-state index in [4.69, 9.17) is 15.2 Å². The van der Waals surface area contributed by atoms with Crippen molar-refractivity contribution in [3.05, 3.63) is 29.8 Å². The number of hydrogen-bond acceptors (Lipinski definition) is 4. The second-order valence-corrected chi connectivity index (χ2v) is 4.41. The molecule has 0 aromatic heterocycles. The van der Waals surface area contributed by atoms with E-state index in [9.17, 15) is 4.79 Å². The van der Waals surface area contributed by atoms with Crippen LogP contribution in [0.5, 0.6) is 5.75 Å². The fourth-order valence-corrected chi connectivity index (χ4v) is 2.04. The van der Waals surface area contributed by atoms with E-state index in [1.54, 1.807) is 7.11 Å². The molecule has 4 heteroatoms. The maximum absolute atomic E-state index is 11.3. The van der Waals surface area contributed by atoms with Gasteiger partial charge >= 0.3 is 5.97 Å². The van der Waals surface area contributed by atoms with E-state index in [0.717, 1.165) is 24.2 Å². The lowest BCUT2D eigenvalue weighted by Crippen LogP contribution is -2.13. The number of esters is 1. The molecule has 2 N–H and O–H groups in total. The fourth-order valence-electron chi connectivity index (χ4n) is 2.04. The standard InChI is InChI=1S/C15H23NO3/c1-3-19-15(17)9-5-7-13(11-16)12-6-4-8-14(10-12)18-2/h4,6,8,10,13H,3,5,7,9,11,16H2,1-2H3. The molecule has 1 aromatic carbocycles. The van der Waals surface area contributed by atoms with Gasteiger partial charge in [0.05, 0.1) is 13.7 Å². The highest BCUT2D eigenvalue weighted by molar-refractivity contribution is 5.69. The van der Waals surface area contributed by atoms with Crippen LogP contribution in [-0.2, 0) is 9.53 Å². The summed E-state index contributed by atoms with van der Waals surface area (Å²) in [7, 11) is 1.65. The van der Waals surface area contributed by atoms with Crippen molar-refractivity contribution in [2.45, 2.75) is 32.1 Å². The summed E-state index contributed by atoms with van der Waals surface area (Å²) in [5.41, 5.74) is 6.97. The molecule has 0 spiro atoms. The Labute approximate surface area is 114 Å². The minimum absolute atomic E-state index is 0.135. The first kappa shape index (κ1) is 15.5. The number of benzene rings is 1. The SMILES string of the molecule is CCOC(=O)CCCC(CN)c1cccc(OC)c1. The van der Waals surface area contributed by atoms with Crippen LogP contribution in [0.15, 0.2) is 24.3 Å². The molecule has 1 atom stereocenters. The molecular weight excluding hydrogens is 242 g/mol. The van der Waals surface area contributed by atoms with Crippen LogP contribution in [0.25, 0.3) is 0 Å². The first-order chi connectivity index (χ1) is 9.21. The highest BCUT2D eigenvalue weighted by Crippen LogP contribution is 2.24. The Bertz CT molecular complexity index is 393. The third-order valence-corrected chi connectivity index (χ3v) is 3.09. The minimum atomic E-state index is -0.135. The predicted molar refractivity (Wildman–Crippen MR) is 75.3 cm³/mol. The van der Waals surface area contributed by atoms with Gasteiger partial charge in [0.25, 0.3) is 0 Å². The zero-order valence-corrected chi connectivity index (χ0v) is 11.7. The smallest absolute Gasteiger partial charge is 0.305 e. The molecule has 0 aliphatic heterocycles. The Kier molecular flexibility index (Phi) is 6.97. The maximum atomic E-state index is 11.3. The average Bonchev–Trinajstić information content (AvgIpc) is 2.44. The molecule has 0 aliphatic rings. The van der Waals surface area contributed by atoms with Gasteiger partial charge in [-0.3, -0.25) is 4.79 Å². The number of carbonyl (C=O) groups is 1. The van der Waals surface area contributed by atoms with Gasteiger partial charge in [0.2, 0.25) is 0 Å². The van der Waals surface area contributed by atoms with Gasteiger partial charge in [-0.05, 0) is 49.9 Å². The highest BCUT2D eigenvalue weighted by atomic mass is 16.5. The van der Waals surface area contributed by atoms with E-state index in [-0.39, 0.29) is 11.9 Å². The van der Waals surface area contributed by atoms with Crippen molar-refractivity contribution in [3.63, 3.8) is 0 Å². The molecule has 0 aliphatic carbocycles. The van der Waals surface area contributed by atoms with E-state index < -0.39 is 0 Å². The van der Waals surface area contributed by atoms with Crippen molar-refractivity contribution in [1.82, 2.24) is 0 Å². The van der Waals surface area contributed by atoms with E-state index >= 15 is 0 Å². The molecular formula is C15H23NO3. The number of methoxy groups -OCH3 is 1. The monoisotopic (exact) mass is 265 g/mol. The van der Waals surface area contributed by atoms with Crippen molar-refractivity contribution < 1.29 is 14.3 Å². The summed E-state index contributed by atoms with van der Waals surface area (Å²) in [5, 5.41) is 0. The van der Waals surface area contributed by atoms with Gasteiger partial charge in [0, 0.05) is 6.42 Å². The molecule has 0 saturated heterocycles. The quantitative estimate of drug-likeness (QED) is 0.733. The van der Waals surface area contributed by atoms with Gasteiger partial charge in [0.1, 0.15) is 5.75 Å². The first-order valence-corrected chi connectivity index (χ1v) is 6.70. The molecule has 0 fully saturated rings. The minimum Gasteiger partial charge on any atom is -0.497 e. The van der Waals surface area contributed by atoms with Crippen LogP contribution >= 0.6 is 0 Å². The molecule has 0 heterocycles. The van der Waals surface area contributed by atoms with E-state index in [1.807, 2.05) is 31.2 Å². The van der Waals surface area contributed by atoms with Crippen molar-refractivity contribution in [2.24, 2.45) is 5.73 Å². The largest absolute Gasteiger partial charge is 0.497 e. The van der Waals surface area contributed by atoms with Crippen molar-refractivity contribution in [2.75, 3.05) is 20.3 Å². The summed E-state index contributed by atoms with van der Waals surface area (Å²) < 4.78 is 10.1. The van der Waals surface area contributed by atoms with Gasteiger partial charge in [-0.25, -0.2) is 0 Å². The molecule has 4 nitrogen and oxygen atoms in total. The van der Waals surface area contributed by atoms with Crippen molar-refractivity contribution in [1.29, 1.82) is 0 Å². The Morgan fingerprint density at radius 3 is 2.84 bits per heavy atom. The number of carbonyl (C=O) groups excluding carboxylic acids is 1. The van der Waals surface area contributed by atoms with Crippen LogP contribution in [0.4, 0.5) is 0 Å². The van der Waals surface area contributed by atoms with Gasteiger partial charge in [-0.2, -0.15) is 0 Å². The fraction of sp³-hybridized carbons (Fsp3) is 0.533. The number of hydrogen-bond donors (Lipinski definition) is 1. The lowest BCUT2D eigenvalue weighted by molar-refractivity contribution is -0.143. The molecule has 1 unspecified atom stereocenters. The third-order valence-electron chi connectivity index (χ3n) is 3.09. The highest BCUT2D eigenvalue weighted by Gasteiger charge is 2.11. The summed E-state index contributed by atoms with van der Waals surface area (Å²) in [4.78, 5) is 11.3. The molecule has 0 radical (unpaired) electrons. The van der Waals surface area contributed by atoms with Gasteiger partial charge < -0.3 is 15.2 Å². The van der Waals surface area contributed by atoms with Crippen LogP contribution in [0.1, 0.15) is 37.7 Å². The molecule has 0 bridgehead atoms. The average molecular weight is 265 g/mol. The van der Waals surface area contributed by atoms with Gasteiger partial charge in [0.15, 0.2) is 0 Å². The molecule has 1 aromatic rings. The Balaban J connectivity index is 2.50. The second-order valence-electron chi connectivity index (χ2n) is 4.41. The molecule has 0 saturated carbocycles. The molecule has 19 heavy (non-hydrogen) atoms. The van der Waals surface area contributed by atoms with E-state index in [1.165, 1.54) is 0 Å². The Morgan fingerprint density at radius 2 is 2.21 bits per heavy atom. The summed E-state index contributed by atoms with van der Waals surface area (Å²) >= 11 is 0. The van der Waals surface area contributed by atoms with E-state index in [0.29, 0.717) is 19.6 Å². The molecule has 106 valence electrons. The maximum Gasteiger partial charge on any atom is 0.305 e. The lowest BCUT2D eigenvalue weighted by atomic mass is 9.93. The van der Waals surface area contributed by atoms with Gasteiger partial charge in [-0.1, -0.05) is 12.1 Å². The van der Waals surface area contributed by atoms with Crippen LogP contribution in [0.3, 0.4) is 0 Å². The Morgan fingerprint density at radius 1 is 1.42 bits per heavy atom. The second kappa shape index (κ2) is 8.53. The van der Waals surface area contributed by atoms with E-state index in [2.05, 4.69) is 0 Å².